The van der Waals surface area contributed by atoms with Gasteiger partial charge in [-0.15, -0.1) is 0 Å². The Balaban J connectivity index is 2.07. The number of ether oxygens (including phenoxy) is 3. The van der Waals surface area contributed by atoms with Gasteiger partial charge in [0.05, 0.1) is 12.8 Å². The van der Waals surface area contributed by atoms with E-state index in [1.807, 2.05) is 4.98 Å². The number of hydrogen-bond donors (Lipinski definition) is 3. The number of nitrogens with zero attached hydrogens (tertiary/aromatic N) is 1. The number of aromatic nitrogens is 2. The van der Waals surface area contributed by atoms with Crippen molar-refractivity contribution in [3.8, 4) is 0 Å². The molecule has 10 heteroatoms. The first-order valence-electron chi connectivity index (χ1n) is 6.61. The monoisotopic (exact) mass is 317 g/mol. The molecule has 0 saturated carbocycles. The Morgan fingerprint density at radius 1 is 1.41 bits per heavy atom. The van der Waals surface area contributed by atoms with Gasteiger partial charge in [0.1, 0.15) is 12.2 Å². The van der Waals surface area contributed by atoms with E-state index in [-0.39, 0.29) is 0 Å². The largest absolute Gasteiger partial charge is 0.392 e. The van der Waals surface area contributed by atoms with Gasteiger partial charge in [0.2, 0.25) is 5.82 Å². The molecule has 4 atom stereocenters. The molecule has 2 aliphatic heterocycles. The molecule has 3 heterocycles. The number of nitrogens with one attached hydrogen (secondary N) is 1. The van der Waals surface area contributed by atoms with Crippen molar-refractivity contribution >= 4 is 0 Å². The first-order valence-corrected chi connectivity index (χ1v) is 6.61. The van der Waals surface area contributed by atoms with E-state index in [1.54, 1.807) is 13.8 Å². The summed E-state index contributed by atoms with van der Waals surface area (Å²) in [6.45, 7) is 2.68. The minimum atomic E-state index is -1.62. The van der Waals surface area contributed by atoms with Crippen LogP contribution in [0.4, 0.5) is 4.39 Å². The molecule has 3 rings (SSSR count). The predicted octanol–water partition coefficient (Wildman–Crippen LogP) is -1.63. The number of H-pyrrole nitrogens is 1. The Morgan fingerprint density at radius 2 is 2.09 bits per heavy atom. The molecule has 2 aliphatic rings. The first-order chi connectivity index (χ1) is 10.2. The number of hydrogen-bond acceptors (Lipinski definition) is 7. The Morgan fingerprint density at radius 3 is 2.73 bits per heavy atom. The van der Waals surface area contributed by atoms with Crippen LogP contribution in [0.5, 0.6) is 0 Å². The highest BCUT2D eigenvalue weighted by molar-refractivity contribution is 5.04. The molecule has 2 saturated heterocycles. The molecular weight excluding hydrogens is 301 g/mol. The molecule has 0 aliphatic carbocycles. The highest BCUT2D eigenvalue weighted by Crippen LogP contribution is 2.45. The lowest BCUT2D eigenvalue weighted by molar-refractivity contribution is -0.226. The molecule has 22 heavy (non-hydrogen) atoms. The lowest BCUT2D eigenvalue weighted by atomic mass is 10.1. The smallest absolute Gasteiger partial charge is 0.330 e. The van der Waals surface area contributed by atoms with Crippen LogP contribution in [0.15, 0.2) is 15.8 Å². The van der Waals surface area contributed by atoms with Gasteiger partial charge in [-0.3, -0.25) is 20.1 Å². The van der Waals surface area contributed by atoms with Crippen LogP contribution in [-0.4, -0.2) is 45.0 Å². The van der Waals surface area contributed by atoms with Gasteiger partial charge in [0.15, 0.2) is 17.7 Å². The molecule has 0 radical (unpaired) electrons. The van der Waals surface area contributed by atoms with Crippen LogP contribution in [0.2, 0.25) is 0 Å². The third kappa shape index (κ3) is 2.20. The summed E-state index contributed by atoms with van der Waals surface area (Å²) in [6, 6.07) is 0. The number of aliphatic hydroxyl groups excluding tert-OH is 1. The molecule has 2 fully saturated rings. The second kappa shape index (κ2) is 4.70. The van der Waals surface area contributed by atoms with Crippen molar-refractivity contribution < 1.29 is 23.7 Å². The molecule has 0 spiro atoms. The van der Waals surface area contributed by atoms with Crippen molar-refractivity contribution in [2.24, 2.45) is 5.73 Å². The van der Waals surface area contributed by atoms with Crippen LogP contribution in [0.3, 0.4) is 0 Å². The number of halogens is 1. The fourth-order valence-electron chi connectivity index (χ4n) is 2.73. The summed E-state index contributed by atoms with van der Waals surface area (Å²) < 4.78 is 31.0. The summed E-state index contributed by atoms with van der Waals surface area (Å²) in [4.78, 5) is 24.8. The minimum Gasteiger partial charge on any atom is -0.392 e. The fourth-order valence-corrected chi connectivity index (χ4v) is 2.73. The van der Waals surface area contributed by atoms with Crippen LogP contribution in [0.1, 0.15) is 20.1 Å². The summed E-state index contributed by atoms with van der Waals surface area (Å²) in [5.41, 5.74) is 2.31. The molecule has 0 aromatic carbocycles. The predicted molar refractivity (Wildman–Crippen MR) is 69.2 cm³/mol. The molecule has 1 aromatic rings. The lowest BCUT2D eigenvalue weighted by Gasteiger charge is -2.29. The van der Waals surface area contributed by atoms with E-state index in [1.165, 1.54) is 0 Å². The van der Waals surface area contributed by atoms with Gasteiger partial charge in [0, 0.05) is 0 Å². The lowest BCUT2D eigenvalue weighted by Crippen LogP contribution is -2.54. The number of aliphatic hydroxyl groups is 1. The zero-order valence-corrected chi connectivity index (χ0v) is 11.9. The fraction of sp³-hybridized carbons (Fsp3) is 0.667. The summed E-state index contributed by atoms with van der Waals surface area (Å²) >= 11 is 0. The maximum atomic E-state index is 13.5. The Labute approximate surface area is 123 Å². The van der Waals surface area contributed by atoms with Gasteiger partial charge in [-0.05, 0) is 13.8 Å². The van der Waals surface area contributed by atoms with E-state index in [0.29, 0.717) is 6.20 Å². The summed E-state index contributed by atoms with van der Waals surface area (Å²) in [7, 11) is 0. The Bertz CT molecular complexity index is 716. The molecular formula is C12H16FN3O6. The molecule has 4 N–H and O–H groups in total. The van der Waals surface area contributed by atoms with Gasteiger partial charge >= 0.3 is 5.69 Å². The Hall–Kier alpha value is -1.59. The quantitative estimate of drug-likeness (QED) is 0.597. The molecule has 122 valence electrons. The van der Waals surface area contributed by atoms with Gasteiger partial charge in [0.25, 0.3) is 5.56 Å². The highest BCUT2D eigenvalue weighted by Gasteiger charge is 2.62. The average Bonchev–Trinajstić information content (AvgIpc) is 2.88. The van der Waals surface area contributed by atoms with Crippen molar-refractivity contribution in [2.75, 3.05) is 6.61 Å². The van der Waals surface area contributed by atoms with E-state index < -0.39 is 53.6 Å². The van der Waals surface area contributed by atoms with E-state index in [2.05, 4.69) is 0 Å². The van der Waals surface area contributed by atoms with Crippen LogP contribution in [-0.2, 0) is 14.2 Å². The summed E-state index contributed by atoms with van der Waals surface area (Å²) in [6.07, 6.45) is -2.15. The zero-order chi connectivity index (χ0) is 16.3. The molecule has 0 amide bonds. The third-order valence-electron chi connectivity index (χ3n) is 3.68. The SMILES string of the molecule is CC1(C)OC2C(O1)[C@@](N)(CO)O[C@H]2n1cc(F)c(=O)[nH]c1=O. The first kappa shape index (κ1) is 15.3. The van der Waals surface area contributed by atoms with Gasteiger partial charge in [-0.2, -0.15) is 4.39 Å². The van der Waals surface area contributed by atoms with Gasteiger partial charge in [-0.1, -0.05) is 0 Å². The van der Waals surface area contributed by atoms with Crippen molar-refractivity contribution in [3.63, 3.8) is 0 Å². The maximum absolute atomic E-state index is 13.5. The molecule has 9 nitrogen and oxygen atoms in total. The number of rotatable bonds is 2. The normalized spacial score (nSPS) is 36.5. The molecule has 1 aromatic heterocycles. The van der Waals surface area contributed by atoms with Crippen LogP contribution in [0, 0.1) is 5.82 Å². The van der Waals surface area contributed by atoms with E-state index in [9.17, 15) is 19.1 Å². The van der Waals surface area contributed by atoms with E-state index >= 15 is 0 Å². The van der Waals surface area contributed by atoms with Crippen molar-refractivity contribution in [3.05, 3.63) is 32.9 Å². The molecule has 0 bridgehead atoms. The average molecular weight is 317 g/mol. The van der Waals surface area contributed by atoms with Crippen molar-refractivity contribution in [1.29, 1.82) is 0 Å². The standard InChI is InChI=1S/C12H16FN3O6/c1-11(2)20-6-7(21-11)12(14,4-17)22-9(6)16-3-5(13)8(18)15-10(16)19/h3,6-7,9,17H,4,14H2,1-2H3,(H,15,18,19)/t6?,7?,9-,12-/m1/s1. The topological polar surface area (TPSA) is 129 Å². The summed E-state index contributed by atoms with van der Waals surface area (Å²) in [5, 5.41) is 9.47. The van der Waals surface area contributed by atoms with Crippen LogP contribution < -0.4 is 17.0 Å². The van der Waals surface area contributed by atoms with E-state index in [0.717, 1.165) is 4.57 Å². The Kier molecular flexibility index (Phi) is 3.27. The second-order valence-corrected chi connectivity index (χ2v) is 5.79. The third-order valence-corrected chi connectivity index (χ3v) is 3.68. The summed E-state index contributed by atoms with van der Waals surface area (Å²) in [5.74, 6) is -2.17. The van der Waals surface area contributed by atoms with Crippen LogP contribution >= 0.6 is 0 Å². The van der Waals surface area contributed by atoms with Crippen molar-refractivity contribution in [1.82, 2.24) is 9.55 Å². The maximum Gasteiger partial charge on any atom is 0.330 e. The number of fused-ring (bicyclic) bond motifs is 1. The van der Waals surface area contributed by atoms with Crippen LogP contribution in [0.25, 0.3) is 0 Å². The molecule has 2 unspecified atom stereocenters. The zero-order valence-electron chi connectivity index (χ0n) is 11.9. The van der Waals surface area contributed by atoms with E-state index in [4.69, 9.17) is 19.9 Å². The second-order valence-electron chi connectivity index (χ2n) is 5.79. The van der Waals surface area contributed by atoms with Gasteiger partial charge in [-0.25, -0.2) is 4.79 Å². The number of aromatic amines is 1. The van der Waals surface area contributed by atoms with Crippen molar-refractivity contribution in [2.45, 2.75) is 43.8 Å². The minimum absolute atomic E-state index is 0.593. The van der Waals surface area contributed by atoms with Gasteiger partial charge < -0.3 is 19.3 Å². The highest BCUT2D eigenvalue weighted by atomic mass is 19.1. The number of nitrogens with two attached hydrogens (primary N) is 1.